The first-order chi connectivity index (χ1) is 5.00. The molecule has 0 bridgehead atoms. The molecule has 0 saturated heterocycles. The van der Waals surface area contributed by atoms with Crippen LogP contribution in [0.5, 0.6) is 0 Å². The SMILES string of the molecule is C=C(C)C(=O)N(C)C(C)NC. The highest BCUT2D eigenvalue weighted by molar-refractivity contribution is 5.92. The van der Waals surface area contributed by atoms with Crippen molar-refractivity contribution in [3.63, 3.8) is 0 Å². The number of carbonyl (C=O) groups is 1. The standard InChI is InChI=1S/C8H16N2O/c1-6(2)8(11)10(5)7(3)9-4/h7,9H,1H2,2-5H3. The van der Waals surface area contributed by atoms with Crippen molar-refractivity contribution in [2.75, 3.05) is 14.1 Å². The third kappa shape index (κ3) is 2.72. The summed E-state index contributed by atoms with van der Waals surface area (Å²) in [7, 11) is 3.56. The number of rotatable bonds is 3. The second kappa shape index (κ2) is 4.13. The van der Waals surface area contributed by atoms with E-state index >= 15 is 0 Å². The molecule has 0 aromatic heterocycles. The highest BCUT2D eigenvalue weighted by Gasteiger charge is 2.13. The van der Waals surface area contributed by atoms with Crippen molar-refractivity contribution in [2.45, 2.75) is 20.0 Å². The fourth-order valence-corrected chi connectivity index (χ4v) is 0.671. The molecule has 0 heterocycles. The highest BCUT2D eigenvalue weighted by atomic mass is 16.2. The molecule has 0 aromatic rings. The Morgan fingerprint density at radius 1 is 1.64 bits per heavy atom. The molecule has 0 aromatic carbocycles. The molecule has 1 N–H and O–H groups in total. The second-order valence-electron chi connectivity index (χ2n) is 2.66. The number of nitrogens with zero attached hydrogens (tertiary/aromatic N) is 1. The minimum absolute atomic E-state index is 0.0214. The van der Waals surface area contributed by atoms with Gasteiger partial charge in [-0.1, -0.05) is 6.58 Å². The van der Waals surface area contributed by atoms with E-state index in [-0.39, 0.29) is 12.1 Å². The maximum atomic E-state index is 11.2. The molecule has 3 heteroatoms. The van der Waals surface area contributed by atoms with Gasteiger partial charge in [0, 0.05) is 12.6 Å². The van der Waals surface area contributed by atoms with Crippen LogP contribution in [0.1, 0.15) is 13.8 Å². The van der Waals surface area contributed by atoms with Crippen molar-refractivity contribution in [3.8, 4) is 0 Å². The van der Waals surface area contributed by atoms with Gasteiger partial charge in [-0.25, -0.2) is 0 Å². The summed E-state index contributed by atoms with van der Waals surface area (Å²) in [5, 5.41) is 2.96. The van der Waals surface area contributed by atoms with Crippen LogP contribution < -0.4 is 5.32 Å². The summed E-state index contributed by atoms with van der Waals surface area (Å²) in [4.78, 5) is 12.8. The summed E-state index contributed by atoms with van der Waals surface area (Å²) in [5.74, 6) is -0.0214. The van der Waals surface area contributed by atoms with Gasteiger partial charge in [0.15, 0.2) is 0 Å². The van der Waals surface area contributed by atoms with Crippen molar-refractivity contribution in [1.82, 2.24) is 10.2 Å². The molecular formula is C8H16N2O. The van der Waals surface area contributed by atoms with E-state index in [2.05, 4.69) is 11.9 Å². The van der Waals surface area contributed by atoms with Gasteiger partial charge >= 0.3 is 0 Å². The zero-order valence-electron chi connectivity index (χ0n) is 7.64. The molecule has 0 aliphatic carbocycles. The molecule has 0 rings (SSSR count). The third-order valence-corrected chi connectivity index (χ3v) is 1.68. The van der Waals surface area contributed by atoms with E-state index < -0.39 is 0 Å². The van der Waals surface area contributed by atoms with Gasteiger partial charge in [0.25, 0.3) is 0 Å². The molecule has 0 saturated carbocycles. The summed E-state index contributed by atoms with van der Waals surface area (Å²) >= 11 is 0. The largest absolute Gasteiger partial charge is 0.327 e. The van der Waals surface area contributed by atoms with E-state index in [0.29, 0.717) is 5.57 Å². The molecule has 0 aliphatic heterocycles. The normalized spacial score (nSPS) is 12.4. The summed E-state index contributed by atoms with van der Waals surface area (Å²) < 4.78 is 0. The molecule has 0 spiro atoms. The Morgan fingerprint density at radius 2 is 2.09 bits per heavy atom. The maximum Gasteiger partial charge on any atom is 0.249 e. The Hall–Kier alpha value is -0.830. The smallest absolute Gasteiger partial charge is 0.249 e. The molecule has 0 radical (unpaired) electrons. The van der Waals surface area contributed by atoms with Gasteiger partial charge in [-0.2, -0.15) is 0 Å². The van der Waals surface area contributed by atoms with Gasteiger partial charge in [-0.15, -0.1) is 0 Å². The summed E-state index contributed by atoms with van der Waals surface area (Å²) in [6.45, 7) is 7.20. The average Bonchev–Trinajstić information content (AvgIpc) is 2.00. The van der Waals surface area contributed by atoms with Crippen molar-refractivity contribution in [1.29, 1.82) is 0 Å². The minimum Gasteiger partial charge on any atom is -0.327 e. The van der Waals surface area contributed by atoms with Crippen LogP contribution in [-0.4, -0.2) is 31.1 Å². The zero-order chi connectivity index (χ0) is 9.02. The lowest BCUT2D eigenvalue weighted by Gasteiger charge is -2.24. The first-order valence-corrected chi connectivity index (χ1v) is 3.60. The number of likely N-dealkylation sites (N-methyl/N-ethyl adjacent to an activating group) is 1. The Kier molecular flexibility index (Phi) is 3.82. The molecule has 11 heavy (non-hydrogen) atoms. The van der Waals surface area contributed by atoms with Crippen LogP contribution in [0.4, 0.5) is 0 Å². The number of carbonyl (C=O) groups excluding carboxylic acids is 1. The predicted octanol–water partition coefficient (Wildman–Crippen LogP) is 0.586. The number of hydrogen-bond donors (Lipinski definition) is 1. The van der Waals surface area contributed by atoms with Crippen LogP contribution in [0.25, 0.3) is 0 Å². The molecular weight excluding hydrogens is 140 g/mol. The van der Waals surface area contributed by atoms with E-state index in [4.69, 9.17) is 0 Å². The van der Waals surface area contributed by atoms with E-state index in [0.717, 1.165) is 0 Å². The number of nitrogens with one attached hydrogen (secondary N) is 1. The monoisotopic (exact) mass is 156 g/mol. The van der Waals surface area contributed by atoms with Crippen LogP contribution in [0.15, 0.2) is 12.2 Å². The van der Waals surface area contributed by atoms with Crippen LogP contribution in [-0.2, 0) is 4.79 Å². The molecule has 64 valence electrons. The van der Waals surface area contributed by atoms with E-state index in [9.17, 15) is 4.79 Å². The van der Waals surface area contributed by atoms with Crippen molar-refractivity contribution in [2.24, 2.45) is 0 Å². The fourth-order valence-electron chi connectivity index (χ4n) is 0.671. The van der Waals surface area contributed by atoms with Gasteiger partial charge in [0.05, 0.1) is 6.17 Å². The summed E-state index contributed by atoms with van der Waals surface area (Å²) in [6.07, 6.45) is 0.0548. The Bertz CT molecular complexity index is 165. The zero-order valence-corrected chi connectivity index (χ0v) is 7.64. The van der Waals surface area contributed by atoms with E-state index in [1.54, 1.807) is 18.9 Å². The van der Waals surface area contributed by atoms with Gasteiger partial charge in [0.1, 0.15) is 0 Å². The number of amides is 1. The molecule has 0 aliphatic rings. The van der Waals surface area contributed by atoms with Gasteiger partial charge in [0.2, 0.25) is 5.91 Å². The molecule has 1 unspecified atom stereocenters. The Balaban J connectivity index is 4.13. The van der Waals surface area contributed by atoms with Crippen LogP contribution in [0.3, 0.4) is 0 Å². The van der Waals surface area contributed by atoms with Crippen LogP contribution in [0, 0.1) is 0 Å². The maximum absolute atomic E-state index is 11.2. The van der Waals surface area contributed by atoms with Gasteiger partial charge in [-0.3, -0.25) is 4.79 Å². The first-order valence-electron chi connectivity index (χ1n) is 3.60. The number of hydrogen-bond acceptors (Lipinski definition) is 2. The lowest BCUT2D eigenvalue weighted by atomic mass is 10.3. The minimum atomic E-state index is -0.0214. The topological polar surface area (TPSA) is 32.3 Å². The predicted molar refractivity (Wildman–Crippen MR) is 46.1 cm³/mol. The van der Waals surface area contributed by atoms with Crippen molar-refractivity contribution >= 4 is 5.91 Å². The quantitative estimate of drug-likeness (QED) is 0.479. The fraction of sp³-hybridized carbons (Fsp3) is 0.625. The van der Waals surface area contributed by atoms with E-state index in [1.165, 1.54) is 0 Å². The van der Waals surface area contributed by atoms with Crippen molar-refractivity contribution in [3.05, 3.63) is 12.2 Å². The molecule has 3 nitrogen and oxygen atoms in total. The van der Waals surface area contributed by atoms with Crippen molar-refractivity contribution < 1.29 is 4.79 Å². The highest BCUT2D eigenvalue weighted by Crippen LogP contribution is 1.98. The van der Waals surface area contributed by atoms with E-state index in [1.807, 2.05) is 14.0 Å². The average molecular weight is 156 g/mol. The summed E-state index contributed by atoms with van der Waals surface area (Å²) in [6, 6.07) is 0. The van der Waals surface area contributed by atoms with Gasteiger partial charge in [-0.05, 0) is 20.9 Å². The Morgan fingerprint density at radius 3 is 2.36 bits per heavy atom. The Labute approximate surface area is 68.1 Å². The molecule has 1 atom stereocenters. The third-order valence-electron chi connectivity index (χ3n) is 1.68. The van der Waals surface area contributed by atoms with Crippen LogP contribution >= 0.6 is 0 Å². The first kappa shape index (κ1) is 10.2. The lowest BCUT2D eigenvalue weighted by molar-refractivity contribution is -0.127. The summed E-state index contributed by atoms with van der Waals surface area (Å²) in [5.41, 5.74) is 0.564. The van der Waals surface area contributed by atoms with Crippen LogP contribution in [0.2, 0.25) is 0 Å². The molecule has 1 amide bonds. The molecule has 0 fully saturated rings. The lowest BCUT2D eigenvalue weighted by Crippen LogP contribution is -2.43. The van der Waals surface area contributed by atoms with Gasteiger partial charge < -0.3 is 10.2 Å². The second-order valence-corrected chi connectivity index (χ2v) is 2.66.